The third-order valence-electron chi connectivity index (χ3n) is 3.21. The number of amides is 1. The van der Waals surface area contributed by atoms with Crippen molar-refractivity contribution < 1.29 is 4.79 Å². The fourth-order valence-corrected chi connectivity index (χ4v) is 2.34. The van der Waals surface area contributed by atoms with Crippen LogP contribution >= 0.6 is 0 Å². The van der Waals surface area contributed by atoms with Crippen LogP contribution in [-0.2, 0) is 4.79 Å². The standard InChI is InChI=1S/C13H26N2O/c1-10(11-7-5-6-8-11)14-9-12(16)15-13(2,3)4/h10-11,14H,5-9H2,1-4H3,(H,15,16). The summed E-state index contributed by atoms with van der Waals surface area (Å²) in [5.41, 5.74) is -0.130. The number of carbonyl (C=O) groups excluding carboxylic acids is 1. The van der Waals surface area contributed by atoms with Crippen LogP contribution in [0.4, 0.5) is 0 Å². The zero-order valence-corrected chi connectivity index (χ0v) is 11.1. The van der Waals surface area contributed by atoms with Crippen molar-refractivity contribution in [2.75, 3.05) is 6.54 Å². The van der Waals surface area contributed by atoms with Gasteiger partial charge in [-0.3, -0.25) is 4.79 Å². The Hall–Kier alpha value is -0.570. The Morgan fingerprint density at radius 1 is 1.31 bits per heavy atom. The number of rotatable bonds is 4. The van der Waals surface area contributed by atoms with Gasteiger partial charge < -0.3 is 10.6 Å². The van der Waals surface area contributed by atoms with E-state index in [1.54, 1.807) is 0 Å². The minimum atomic E-state index is -0.130. The first-order valence-corrected chi connectivity index (χ1v) is 6.43. The summed E-state index contributed by atoms with van der Waals surface area (Å²) in [4.78, 5) is 11.6. The van der Waals surface area contributed by atoms with Crippen LogP contribution in [0.5, 0.6) is 0 Å². The summed E-state index contributed by atoms with van der Waals surface area (Å²) in [6.45, 7) is 8.65. The van der Waals surface area contributed by atoms with E-state index < -0.39 is 0 Å². The van der Waals surface area contributed by atoms with Crippen LogP contribution < -0.4 is 10.6 Å². The second-order valence-corrected chi connectivity index (χ2v) is 6.01. The zero-order chi connectivity index (χ0) is 12.2. The molecule has 94 valence electrons. The molecule has 1 fully saturated rings. The molecule has 1 rings (SSSR count). The van der Waals surface area contributed by atoms with Crippen molar-refractivity contribution >= 4 is 5.91 Å². The molecule has 0 aromatic heterocycles. The summed E-state index contributed by atoms with van der Waals surface area (Å²) in [6.07, 6.45) is 5.33. The van der Waals surface area contributed by atoms with Gasteiger partial charge in [-0.25, -0.2) is 0 Å². The Kier molecular flexibility index (Phi) is 4.78. The lowest BCUT2D eigenvalue weighted by Crippen LogP contribution is -2.47. The van der Waals surface area contributed by atoms with E-state index in [9.17, 15) is 4.79 Å². The molecule has 1 aliphatic rings. The van der Waals surface area contributed by atoms with Crippen LogP contribution in [0.3, 0.4) is 0 Å². The summed E-state index contributed by atoms with van der Waals surface area (Å²) in [5, 5.41) is 6.30. The quantitative estimate of drug-likeness (QED) is 0.770. The summed E-state index contributed by atoms with van der Waals surface area (Å²) in [5.74, 6) is 0.861. The Morgan fingerprint density at radius 3 is 2.38 bits per heavy atom. The minimum Gasteiger partial charge on any atom is -0.350 e. The highest BCUT2D eigenvalue weighted by Gasteiger charge is 2.22. The molecule has 1 saturated carbocycles. The molecule has 3 heteroatoms. The van der Waals surface area contributed by atoms with E-state index >= 15 is 0 Å². The Bertz CT molecular complexity index is 227. The van der Waals surface area contributed by atoms with Crippen LogP contribution in [0.25, 0.3) is 0 Å². The Morgan fingerprint density at radius 2 is 1.88 bits per heavy atom. The van der Waals surface area contributed by atoms with Gasteiger partial charge in [-0.2, -0.15) is 0 Å². The molecule has 0 aromatic rings. The molecule has 1 amide bonds. The lowest BCUT2D eigenvalue weighted by molar-refractivity contribution is -0.121. The van der Waals surface area contributed by atoms with Crippen molar-refractivity contribution in [3.63, 3.8) is 0 Å². The van der Waals surface area contributed by atoms with Crippen molar-refractivity contribution in [2.45, 2.75) is 65.0 Å². The van der Waals surface area contributed by atoms with Gasteiger partial charge in [0, 0.05) is 11.6 Å². The maximum absolute atomic E-state index is 11.6. The van der Waals surface area contributed by atoms with Crippen LogP contribution in [0.15, 0.2) is 0 Å². The normalized spacial score (nSPS) is 19.8. The molecule has 0 heterocycles. The van der Waals surface area contributed by atoms with E-state index in [1.165, 1.54) is 25.7 Å². The van der Waals surface area contributed by atoms with E-state index in [0.717, 1.165) is 5.92 Å². The van der Waals surface area contributed by atoms with Gasteiger partial charge >= 0.3 is 0 Å². The molecular formula is C13H26N2O. The molecule has 0 spiro atoms. The highest BCUT2D eigenvalue weighted by Crippen LogP contribution is 2.27. The smallest absolute Gasteiger partial charge is 0.234 e. The second kappa shape index (κ2) is 5.67. The predicted octanol–water partition coefficient (Wildman–Crippen LogP) is 2.07. The van der Waals surface area contributed by atoms with Gasteiger partial charge in [0.15, 0.2) is 0 Å². The molecule has 1 unspecified atom stereocenters. The Labute approximate surface area is 99.4 Å². The third-order valence-corrected chi connectivity index (χ3v) is 3.21. The largest absolute Gasteiger partial charge is 0.350 e. The number of carbonyl (C=O) groups is 1. The first-order valence-electron chi connectivity index (χ1n) is 6.43. The summed E-state index contributed by atoms with van der Waals surface area (Å²) in [7, 11) is 0. The van der Waals surface area contributed by atoms with Gasteiger partial charge in [0.1, 0.15) is 0 Å². The maximum atomic E-state index is 11.6. The first kappa shape index (κ1) is 13.5. The summed E-state index contributed by atoms with van der Waals surface area (Å²) < 4.78 is 0. The topological polar surface area (TPSA) is 41.1 Å². The minimum absolute atomic E-state index is 0.0948. The predicted molar refractivity (Wildman–Crippen MR) is 67.3 cm³/mol. The van der Waals surface area contributed by atoms with Gasteiger partial charge in [0.2, 0.25) is 5.91 Å². The second-order valence-electron chi connectivity index (χ2n) is 6.01. The van der Waals surface area contributed by atoms with Crippen molar-refractivity contribution in [1.29, 1.82) is 0 Å². The van der Waals surface area contributed by atoms with Crippen molar-refractivity contribution in [1.82, 2.24) is 10.6 Å². The fraction of sp³-hybridized carbons (Fsp3) is 0.923. The van der Waals surface area contributed by atoms with Gasteiger partial charge in [0.25, 0.3) is 0 Å². The molecule has 3 nitrogen and oxygen atoms in total. The van der Waals surface area contributed by atoms with Crippen LogP contribution in [0.2, 0.25) is 0 Å². The molecule has 2 N–H and O–H groups in total. The van der Waals surface area contributed by atoms with Crippen molar-refractivity contribution in [2.24, 2.45) is 5.92 Å². The lowest BCUT2D eigenvalue weighted by Gasteiger charge is -2.23. The van der Waals surface area contributed by atoms with Crippen molar-refractivity contribution in [3.05, 3.63) is 0 Å². The number of nitrogens with one attached hydrogen (secondary N) is 2. The average Bonchev–Trinajstić information content (AvgIpc) is 2.64. The van der Waals surface area contributed by atoms with Crippen LogP contribution in [0.1, 0.15) is 53.4 Å². The molecule has 0 saturated heterocycles. The number of hydrogen-bond acceptors (Lipinski definition) is 2. The van der Waals surface area contributed by atoms with Gasteiger partial charge in [0.05, 0.1) is 6.54 Å². The van der Waals surface area contributed by atoms with Gasteiger partial charge in [-0.15, -0.1) is 0 Å². The van der Waals surface area contributed by atoms with E-state index in [-0.39, 0.29) is 11.4 Å². The van der Waals surface area contributed by atoms with Gasteiger partial charge in [-0.05, 0) is 46.5 Å². The van der Waals surface area contributed by atoms with Gasteiger partial charge in [-0.1, -0.05) is 12.8 Å². The highest BCUT2D eigenvalue weighted by molar-refractivity contribution is 5.78. The molecule has 0 aliphatic heterocycles. The third kappa shape index (κ3) is 4.97. The SMILES string of the molecule is CC(NCC(=O)NC(C)(C)C)C1CCCC1. The lowest BCUT2D eigenvalue weighted by atomic mass is 10.00. The fourth-order valence-electron chi connectivity index (χ4n) is 2.34. The molecule has 0 radical (unpaired) electrons. The van der Waals surface area contributed by atoms with E-state index in [2.05, 4.69) is 17.6 Å². The Balaban J connectivity index is 2.20. The molecule has 0 bridgehead atoms. The van der Waals surface area contributed by atoms with Crippen molar-refractivity contribution in [3.8, 4) is 0 Å². The zero-order valence-electron chi connectivity index (χ0n) is 11.1. The molecule has 1 aliphatic carbocycles. The summed E-state index contributed by atoms with van der Waals surface area (Å²) >= 11 is 0. The monoisotopic (exact) mass is 226 g/mol. The average molecular weight is 226 g/mol. The molecular weight excluding hydrogens is 200 g/mol. The summed E-state index contributed by atoms with van der Waals surface area (Å²) in [6, 6.07) is 0.466. The number of hydrogen-bond donors (Lipinski definition) is 2. The highest BCUT2D eigenvalue weighted by atomic mass is 16.2. The van der Waals surface area contributed by atoms with E-state index in [0.29, 0.717) is 12.6 Å². The van der Waals surface area contributed by atoms with Crippen LogP contribution in [-0.4, -0.2) is 24.0 Å². The molecule has 1 atom stereocenters. The van der Waals surface area contributed by atoms with E-state index in [1.807, 2.05) is 20.8 Å². The molecule has 16 heavy (non-hydrogen) atoms. The molecule has 0 aromatic carbocycles. The first-order chi connectivity index (χ1) is 7.38. The van der Waals surface area contributed by atoms with E-state index in [4.69, 9.17) is 0 Å². The van der Waals surface area contributed by atoms with Crippen LogP contribution in [0, 0.1) is 5.92 Å². The maximum Gasteiger partial charge on any atom is 0.234 e.